The normalized spacial score (nSPS) is 20.1. The standard InChI is InChI=1S/C13H21N3O4/c1-7(17)10(13(2,3)4)15-9(18)6-5-8-11(19)16-12(20)14-8/h8,10H,5-6H2,1-4H3,(H,15,18)(H2,14,16,19,20). The SMILES string of the molecule is CC(=O)C(NC(=O)CCC1NC(=O)NC1=O)C(C)(C)C. The summed E-state index contributed by atoms with van der Waals surface area (Å²) in [4.78, 5) is 45.6. The maximum atomic E-state index is 11.8. The van der Waals surface area contributed by atoms with Crippen LogP contribution in [-0.4, -0.2) is 35.7 Å². The van der Waals surface area contributed by atoms with Crippen LogP contribution in [0.3, 0.4) is 0 Å². The Morgan fingerprint density at radius 1 is 1.30 bits per heavy atom. The van der Waals surface area contributed by atoms with Gasteiger partial charge in [-0.05, 0) is 18.8 Å². The number of carbonyl (C=O) groups excluding carboxylic acids is 4. The molecule has 3 N–H and O–H groups in total. The first-order valence-electron chi connectivity index (χ1n) is 6.52. The maximum absolute atomic E-state index is 11.8. The van der Waals surface area contributed by atoms with Crippen molar-refractivity contribution < 1.29 is 19.2 Å². The lowest BCUT2D eigenvalue weighted by molar-refractivity contribution is -0.129. The number of nitrogens with one attached hydrogen (secondary N) is 3. The van der Waals surface area contributed by atoms with Gasteiger partial charge in [0, 0.05) is 6.42 Å². The molecule has 0 aliphatic carbocycles. The van der Waals surface area contributed by atoms with Gasteiger partial charge in [0.25, 0.3) is 5.91 Å². The van der Waals surface area contributed by atoms with Gasteiger partial charge >= 0.3 is 6.03 Å². The number of ketones is 1. The molecular formula is C13H21N3O4. The highest BCUT2D eigenvalue weighted by atomic mass is 16.2. The Labute approximate surface area is 117 Å². The number of urea groups is 1. The van der Waals surface area contributed by atoms with E-state index in [1.54, 1.807) is 0 Å². The van der Waals surface area contributed by atoms with Gasteiger partial charge in [-0.3, -0.25) is 19.7 Å². The summed E-state index contributed by atoms with van der Waals surface area (Å²) in [5.74, 6) is -0.853. The number of amides is 4. The average molecular weight is 283 g/mol. The number of imide groups is 1. The van der Waals surface area contributed by atoms with Crippen LogP contribution in [0.25, 0.3) is 0 Å². The van der Waals surface area contributed by atoms with E-state index in [1.807, 2.05) is 20.8 Å². The van der Waals surface area contributed by atoms with E-state index >= 15 is 0 Å². The number of rotatable bonds is 5. The van der Waals surface area contributed by atoms with Crippen LogP contribution in [0.4, 0.5) is 4.79 Å². The average Bonchev–Trinajstić information content (AvgIpc) is 2.60. The molecule has 1 aliphatic heterocycles. The monoisotopic (exact) mass is 283 g/mol. The molecule has 0 aromatic rings. The third-order valence-corrected chi connectivity index (χ3v) is 3.10. The molecule has 1 heterocycles. The van der Waals surface area contributed by atoms with Gasteiger partial charge in [0.2, 0.25) is 5.91 Å². The number of Topliss-reactive ketones (excluding diaryl/α,β-unsaturated/α-hetero) is 1. The third-order valence-electron chi connectivity index (χ3n) is 3.10. The molecule has 0 bridgehead atoms. The molecule has 1 saturated heterocycles. The molecule has 1 rings (SSSR count). The summed E-state index contributed by atoms with van der Waals surface area (Å²) in [6, 6.07) is -1.79. The number of hydrogen-bond donors (Lipinski definition) is 3. The Morgan fingerprint density at radius 2 is 1.90 bits per heavy atom. The van der Waals surface area contributed by atoms with Gasteiger partial charge in [-0.1, -0.05) is 20.8 Å². The molecule has 7 heteroatoms. The van der Waals surface area contributed by atoms with Crippen LogP contribution >= 0.6 is 0 Å². The van der Waals surface area contributed by atoms with Gasteiger partial charge in [-0.25, -0.2) is 4.79 Å². The summed E-state index contributed by atoms with van der Waals surface area (Å²) < 4.78 is 0. The van der Waals surface area contributed by atoms with Crippen molar-refractivity contribution in [2.45, 2.75) is 52.6 Å². The smallest absolute Gasteiger partial charge is 0.322 e. The molecule has 7 nitrogen and oxygen atoms in total. The summed E-state index contributed by atoms with van der Waals surface area (Å²) in [6.07, 6.45) is 0.274. The third kappa shape index (κ3) is 4.32. The Hall–Kier alpha value is -1.92. The zero-order valence-corrected chi connectivity index (χ0v) is 12.2. The first-order valence-corrected chi connectivity index (χ1v) is 6.52. The Morgan fingerprint density at radius 3 is 2.30 bits per heavy atom. The molecule has 1 aliphatic rings. The second kappa shape index (κ2) is 6.02. The second-order valence-electron chi connectivity index (χ2n) is 6.03. The Balaban J connectivity index is 2.49. The lowest BCUT2D eigenvalue weighted by Gasteiger charge is -2.29. The van der Waals surface area contributed by atoms with Crippen molar-refractivity contribution in [2.24, 2.45) is 5.41 Å². The van der Waals surface area contributed by atoms with Crippen molar-refractivity contribution in [2.75, 3.05) is 0 Å². The molecule has 1 fully saturated rings. The van der Waals surface area contributed by atoms with E-state index in [-0.39, 0.29) is 29.9 Å². The number of carbonyl (C=O) groups is 4. The van der Waals surface area contributed by atoms with Crippen molar-refractivity contribution in [3.8, 4) is 0 Å². The minimum absolute atomic E-state index is 0.0677. The van der Waals surface area contributed by atoms with E-state index in [9.17, 15) is 19.2 Å². The summed E-state index contributed by atoms with van der Waals surface area (Å²) in [7, 11) is 0. The molecule has 0 aromatic carbocycles. The highest BCUT2D eigenvalue weighted by Gasteiger charge is 2.32. The zero-order valence-electron chi connectivity index (χ0n) is 12.2. The van der Waals surface area contributed by atoms with Crippen LogP contribution in [0.15, 0.2) is 0 Å². The second-order valence-corrected chi connectivity index (χ2v) is 6.03. The molecule has 2 unspecified atom stereocenters. The van der Waals surface area contributed by atoms with Crippen LogP contribution in [-0.2, 0) is 14.4 Å². The highest BCUT2D eigenvalue weighted by Crippen LogP contribution is 2.20. The van der Waals surface area contributed by atoms with E-state index in [4.69, 9.17) is 0 Å². The van der Waals surface area contributed by atoms with E-state index in [1.165, 1.54) is 6.92 Å². The van der Waals surface area contributed by atoms with Crippen molar-refractivity contribution in [1.29, 1.82) is 0 Å². The van der Waals surface area contributed by atoms with Gasteiger partial charge in [-0.15, -0.1) is 0 Å². The molecule has 4 amide bonds. The van der Waals surface area contributed by atoms with Crippen molar-refractivity contribution >= 4 is 23.6 Å². The van der Waals surface area contributed by atoms with Crippen molar-refractivity contribution in [3.63, 3.8) is 0 Å². The summed E-state index contributed by atoms with van der Waals surface area (Å²) in [5.41, 5.74) is -0.375. The predicted molar refractivity (Wildman–Crippen MR) is 71.8 cm³/mol. The van der Waals surface area contributed by atoms with Crippen LogP contribution in [0.1, 0.15) is 40.5 Å². The van der Waals surface area contributed by atoms with Crippen LogP contribution < -0.4 is 16.0 Å². The van der Waals surface area contributed by atoms with E-state index in [0.717, 1.165) is 0 Å². The Bertz CT molecular complexity index is 439. The summed E-state index contributed by atoms with van der Waals surface area (Å²) in [6.45, 7) is 7.03. The largest absolute Gasteiger partial charge is 0.346 e. The number of hydrogen-bond acceptors (Lipinski definition) is 4. The minimum Gasteiger partial charge on any atom is -0.346 e. The lowest BCUT2D eigenvalue weighted by Crippen LogP contribution is -2.48. The predicted octanol–water partition coefficient (Wildman–Crippen LogP) is 0.0945. The van der Waals surface area contributed by atoms with Crippen LogP contribution in [0.2, 0.25) is 0 Å². The molecule has 0 aromatic heterocycles. The van der Waals surface area contributed by atoms with Gasteiger partial charge < -0.3 is 10.6 Å². The Kier molecular flexibility index (Phi) is 4.86. The molecule has 2 atom stereocenters. The first kappa shape index (κ1) is 16.1. The molecule has 0 spiro atoms. The molecule has 20 heavy (non-hydrogen) atoms. The zero-order chi connectivity index (χ0) is 15.5. The van der Waals surface area contributed by atoms with Crippen LogP contribution in [0.5, 0.6) is 0 Å². The van der Waals surface area contributed by atoms with Gasteiger partial charge in [0.15, 0.2) is 5.78 Å². The van der Waals surface area contributed by atoms with E-state index in [2.05, 4.69) is 16.0 Å². The fourth-order valence-corrected chi connectivity index (χ4v) is 2.10. The molecule has 0 radical (unpaired) electrons. The summed E-state index contributed by atoms with van der Waals surface area (Å²) in [5, 5.41) is 7.19. The fourth-order valence-electron chi connectivity index (χ4n) is 2.10. The van der Waals surface area contributed by atoms with Crippen LogP contribution in [0, 0.1) is 5.41 Å². The lowest BCUT2D eigenvalue weighted by atomic mass is 9.84. The van der Waals surface area contributed by atoms with Crippen molar-refractivity contribution in [3.05, 3.63) is 0 Å². The first-order chi connectivity index (χ1) is 9.11. The fraction of sp³-hybridized carbons (Fsp3) is 0.692. The summed E-state index contributed by atoms with van der Waals surface area (Å²) >= 11 is 0. The molecule has 112 valence electrons. The van der Waals surface area contributed by atoms with Crippen molar-refractivity contribution in [1.82, 2.24) is 16.0 Å². The maximum Gasteiger partial charge on any atom is 0.322 e. The van der Waals surface area contributed by atoms with Gasteiger partial charge in [0.1, 0.15) is 6.04 Å². The van der Waals surface area contributed by atoms with Gasteiger partial charge in [-0.2, -0.15) is 0 Å². The van der Waals surface area contributed by atoms with Gasteiger partial charge in [0.05, 0.1) is 6.04 Å². The van der Waals surface area contributed by atoms with E-state index in [0.29, 0.717) is 0 Å². The minimum atomic E-state index is -0.682. The topological polar surface area (TPSA) is 104 Å². The highest BCUT2D eigenvalue weighted by molar-refractivity contribution is 6.04. The molecule has 0 saturated carbocycles. The quantitative estimate of drug-likeness (QED) is 0.622. The van der Waals surface area contributed by atoms with E-state index < -0.39 is 24.0 Å². The molecular weight excluding hydrogens is 262 g/mol.